The van der Waals surface area contributed by atoms with E-state index in [0.717, 1.165) is 0 Å². The van der Waals surface area contributed by atoms with Crippen molar-refractivity contribution in [2.75, 3.05) is 18.3 Å². The first-order valence-electron chi connectivity index (χ1n) is 3.95. The Labute approximate surface area is 83.1 Å². The number of hydrogen-bond donors (Lipinski definition) is 0. The molecule has 0 aliphatic rings. The summed E-state index contributed by atoms with van der Waals surface area (Å²) in [6.45, 7) is 0. The van der Waals surface area contributed by atoms with Crippen LogP contribution in [0.2, 0.25) is 0 Å². The lowest BCUT2D eigenvalue weighted by atomic mass is 10.2. The monoisotopic (exact) mass is 198 g/mol. The van der Waals surface area contributed by atoms with Gasteiger partial charge in [0.05, 0.1) is 0 Å². The molecule has 12 heavy (non-hydrogen) atoms. The standard InChI is InChI=1S/C10H14S2/c1-11-8-10(12-2)9-6-4-3-5-7-9/h3-7,10H,8H2,1-2H3. The summed E-state index contributed by atoms with van der Waals surface area (Å²) in [5.74, 6) is 1.20. The van der Waals surface area contributed by atoms with Gasteiger partial charge in [-0.05, 0) is 18.1 Å². The van der Waals surface area contributed by atoms with E-state index >= 15 is 0 Å². The van der Waals surface area contributed by atoms with Gasteiger partial charge in [-0.15, -0.1) is 0 Å². The van der Waals surface area contributed by atoms with Gasteiger partial charge in [0.15, 0.2) is 0 Å². The Hall–Kier alpha value is -0.0800. The van der Waals surface area contributed by atoms with Crippen LogP contribution in [0.3, 0.4) is 0 Å². The van der Waals surface area contributed by atoms with Gasteiger partial charge in [-0.2, -0.15) is 23.5 Å². The predicted molar refractivity (Wildman–Crippen MR) is 61.1 cm³/mol. The highest BCUT2D eigenvalue weighted by molar-refractivity contribution is 8.02. The highest BCUT2D eigenvalue weighted by Gasteiger charge is 2.07. The maximum atomic E-state index is 2.21. The smallest absolute Gasteiger partial charge is 0.0384 e. The van der Waals surface area contributed by atoms with Crippen molar-refractivity contribution in [3.05, 3.63) is 35.9 Å². The fourth-order valence-electron chi connectivity index (χ4n) is 1.12. The topological polar surface area (TPSA) is 0 Å². The summed E-state index contributed by atoms with van der Waals surface area (Å²) < 4.78 is 0. The second-order valence-electron chi connectivity index (χ2n) is 2.59. The largest absolute Gasteiger partial charge is 0.164 e. The Kier molecular flexibility index (Phi) is 4.62. The first-order chi connectivity index (χ1) is 5.88. The molecule has 0 saturated carbocycles. The molecule has 0 spiro atoms. The zero-order valence-electron chi connectivity index (χ0n) is 7.49. The van der Waals surface area contributed by atoms with Gasteiger partial charge in [0.25, 0.3) is 0 Å². The van der Waals surface area contributed by atoms with Gasteiger partial charge in [-0.3, -0.25) is 0 Å². The number of thioether (sulfide) groups is 2. The van der Waals surface area contributed by atoms with E-state index in [-0.39, 0.29) is 0 Å². The summed E-state index contributed by atoms with van der Waals surface area (Å²) >= 11 is 3.84. The van der Waals surface area contributed by atoms with Crippen molar-refractivity contribution >= 4 is 23.5 Å². The average molecular weight is 198 g/mol. The highest BCUT2D eigenvalue weighted by atomic mass is 32.2. The van der Waals surface area contributed by atoms with Crippen LogP contribution >= 0.6 is 23.5 Å². The van der Waals surface area contributed by atoms with Crippen LogP contribution in [0.5, 0.6) is 0 Å². The van der Waals surface area contributed by atoms with Gasteiger partial charge in [-0.1, -0.05) is 30.3 Å². The van der Waals surface area contributed by atoms with Crippen molar-refractivity contribution in [3.63, 3.8) is 0 Å². The Bertz CT molecular complexity index is 208. The normalized spacial score (nSPS) is 12.8. The molecular weight excluding hydrogens is 184 g/mol. The number of hydrogen-bond acceptors (Lipinski definition) is 2. The lowest BCUT2D eigenvalue weighted by Crippen LogP contribution is -1.95. The van der Waals surface area contributed by atoms with Crippen molar-refractivity contribution in [2.24, 2.45) is 0 Å². The van der Waals surface area contributed by atoms with Crippen LogP contribution in [0.4, 0.5) is 0 Å². The molecule has 0 fully saturated rings. The zero-order valence-corrected chi connectivity index (χ0v) is 9.12. The van der Waals surface area contributed by atoms with Gasteiger partial charge < -0.3 is 0 Å². The van der Waals surface area contributed by atoms with Crippen LogP contribution < -0.4 is 0 Å². The molecule has 0 heterocycles. The van der Waals surface area contributed by atoms with E-state index in [0.29, 0.717) is 5.25 Å². The first kappa shape index (κ1) is 10.0. The van der Waals surface area contributed by atoms with E-state index in [9.17, 15) is 0 Å². The third-order valence-corrected chi connectivity index (χ3v) is 3.66. The first-order valence-corrected chi connectivity index (χ1v) is 6.63. The van der Waals surface area contributed by atoms with Gasteiger partial charge in [0, 0.05) is 11.0 Å². The zero-order chi connectivity index (χ0) is 8.81. The molecular formula is C10H14S2. The van der Waals surface area contributed by atoms with E-state index in [4.69, 9.17) is 0 Å². The minimum atomic E-state index is 0.654. The summed E-state index contributed by atoms with van der Waals surface area (Å²) in [7, 11) is 0. The molecule has 1 aromatic carbocycles. The Morgan fingerprint density at radius 2 is 1.83 bits per heavy atom. The van der Waals surface area contributed by atoms with Crippen molar-refractivity contribution in [3.8, 4) is 0 Å². The van der Waals surface area contributed by atoms with Gasteiger partial charge >= 0.3 is 0 Å². The molecule has 1 aromatic rings. The average Bonchev–Trinajstić information content (AvgIpc) is 2.15. The fourth-order valence-corrected chi connectivity index (χ4v) is 3.00. The molecule has 0 aliphatic heterocycles. The Balaban J connectivity index is 2.66. The molecule has 0 saturated heterocycles. The summed E-state index contributed by atoms with van der Waals surface area (Å²) in [6, 6.07) is 10.7. The molecule has 2 heteroatoms. The van der Waals surface area contributed by atoms with Crippen LogP contribution in [0.1, 0.15) is 10.8 Å². The van der Waals surface area contributed by atoms with Crippen LogP contribution in [0.15, 0.2) is 30.3 Å². The molecule has 0 nitrogen and oxygen atoms in total. The fraction of sp³-hybridized carbons (Fsp3) is 0.400. The van der Waals surface area contributed by atoms with Crippen molar-refractivity contribution in [1.82, 2.24) is 0 Å². The maximum absolute atomic E-state index is 2.21. The van der Waals surface area contributed by atoms with E-state index in [1.807, 2.05) is 23.5 Å². The molecule has 1 unspecified atom stereocenters. The maximum Gasteiger partial charge on any atom is 0.0384 e. The number of rotatable bonds is 4. The van der Waals surface area contributed by atoms with Crippen molar-refractivity contribution in [2.45, 2.75) is 5.25 Å². The van der Waals surface area contributed by atoms with Crippen LogP contribution in [-0.2, 0) is 0 Å². The van der Waals surface area contributed by atoms with Gasteiger partial charge in [0.2, 0.25) is 0 Å². The third kappa shape index (κ3) is 2.76. The molecule has 0 aromatic heterocycles. The quantitative estimate of drug-likeness (QED) is 0.727. The molecule has 0 bridgehead atoms. The van der Waals surface area contributed by atoms with Crippen LogP contribution in [-0.4, -0.2) is 18.3 Å². The Morgan fingerprint density at radius 3 is 2.33 bits per heavy atom. The minimum absolute atomic E-state index is 0.654. The summed E-state index contributed by atoms with van der Waals surface area (Å²) in [5, 5.41) is 0.654. The van der Waals surface area contributed by atoms with Gasteiger partial charge in [0.1, 0.15) is 0 Å². The second-order valence-corrected chi connectivity index (χ2v) is 4.54. The van der Waals surface area contributed by atoms with E-state index < -0.39 is 0 Å². The van der Waals surface area contributed by atoms with Crippen molar-refractivity contribution < 1.29 is 0 Å². The molecule has 0 radical (unpaired) electrons. The molecule has 1 atom stereocenters. The van der Waals surface area contributed by atoms with Crippen molar-refractivity contribution in [1.29, 1.82) is 0 Å². The SMILES string of the molecule is CSCC(SC)c1ccccc1. The van der Waals surface area contributed by atoms with E-state index in [1.54, 1.807) is 0 Å². The summed E-state index contributed by atoms with van der Waals surface area (Å²) in [4.78, 5) is 0. The third-order valence-electron chi connectivity index (χ3n) is 1.77. The second kappa shape index (κ2) is 5.55. The van der Waals surface area contributed by atoms with E-state index in [2.05, 4.69) is 42.8 Å². The minimum Gasteiger partial charge on any atom is -0.164 e. The molecule has 0 N–H and O–H groups in total. The van der Waals surface area contributed by atoms with Crippen LogP contribution in [0, 0.1) is 0 Å². The number of benzene rings is 1. The molecule has 66 valence electrons. The predicted octanol–water partition coefficient (Wildman–Crippen LogP) is 3.45. The molecule has 0 aliphatic carbocycles. The van der Waals surface area contributed by atoms with E-state index in [1.165, 1.54) is 11.3 Å². The lowest BCUT2D eigenvalue weighted by molar-refractivity contribution is 1.12. The lowest BCUT2D eigenvalue weighted by Gasteiger charge is -2.12. The summed E-state index contributed by atoms with van der Waals surface area (Å²) in [5.41, 5.74) is 1.44. The molecule has 0 amide bonds. The highest BCUT2D eigenvalue weighted by Crippen LogP contribution is 2.28. The Morgan fingerprint density at radius 1 is 1.17 bits per heavy atom. The summed E-state index contributed by atoms with van der Waals surface area (Å²) in [6.07, 6.45) is 4.33. The molecule has 1 rings (SSSR count). The van der Waals surface area contributed by atoms with Crippen LogP contribution in [0.25, 0.3) is 0 Å². The van der Waals surface area contributed by atoms with Gasteiger partial charge in [-0.25, -0.2) is 0 Å².